The van der Waals surface area contributed by atoms with Crippen LogP contribution in [-0.2, 0) is 0 Å². The number of rotatable bonds is 3. The van der Waals surface area contributed by atoms with Crippen molar-refractivity contribution in [3.8, 4) is 0 Å². The molecule has 0 unspecified atom stereocenters. The molecular formula is C10H11NO3. The largest absolute Gasteiger partial charge is 0.478 e. The number of hydrogen-bond donors (Lipinski definition) is 3. The monoisotopic (exact) mass is 193 g/mol. The van der Waals surface area contributed by atoms with Crippen molar-refractivity contribution in [2.24, 2.45) is 0 Å². The Morgan fingerprint density at radius 3 is 2.79 bits per heavy atom. The quantitative estimate of drug-likeness (QED) is 0.624. The van der Waals surface area contributed by atoms with Crippen molar-refractivity contribution in [2.75, 3.05) is 12.3 Å². The summed E-state index contributed by atoms with van der Waals surface area (Å²) in [6.45, 7) is -0.122. The molecule has 0 bridgehead atoms. The molecule has 0 fully saturated rings. The van der Waals surface area contributed by atoms with Gasteiger partial charge in [-0.2, -0.15) is 0 Å². The van der Waals surface area contributed by atoms with Crippen molar-refractivity contribution in [3.63, 3.8) is 0 Å². The van der Waals surface area contributed by atoms with Gasteiger partial charge in [0.05, 0.1) is 12.2 Å². The van der Waals surface area contributed by atoms with Crippen LogP contribution in [0.1, 0.15) is 15.9 Å². The predicted octanol–water partition coefficient (Wildman–Crippen LogP) is 0.973. The van der Waals surface area contributed by atoms with Crippen molar-refractivity contribution in [1.82, 2.24) is 0 Å². The molecule has 4 N–H and O–H groups in total. The average Bonchev–Trinajstić information content (AvgIpc) is 2.15. The third-order valence-corrected chi connectivity index (χ3v) is 1.71. The predicted molar refractivity (Wildman–Crippen MR) is 53.9 cm³/mol. The Kier molecular flexibility index (Phi) is 3.25. The Balaban J connectivity index is 3.15. The summed E-state index contributed by atoms with van der Waals surface area (Å²) in [5.41, 5.74) is 6.53. The first-order valence-electron chi connectivity index (χ1n) is 4.05. The molecule has 0 aliphatic heterocycles. The number of hydrogen-bond acceptors (Lipinski definition) is 3. The number of anilines is 1. The number of benzene rings is 1. The van der Waals surface area contributed by atoms with Gasteiger partial charge in [-0.15, -0.1) is 0 Å². The number of aliphatic hydroxyl groups excluding tert-OH is 1. The SMILES string of the molecule is Nc1ccc(C=CCO)c(C(=O)O)c1. The average molecular weight is 193 g/mol. The van der Waals surface area contributed by atoms with E-state index in [0.717, 1.165) is 0 Å². The summed E-state index contributed by atoms with van der Waals surface area (Å²) < 4.78 is 0. The van der Waals surface area contributed by atoms with Crippen LogP contribution in [0.5, 0.6) is 0 Å². The van der Waals surface area contributed by atoms with E-state index in [4.69, 9.17) is 15.9 Å². The Bertz CT molecular complexity index is 372. The molecule has 1 aromatic rings. The Labute approximate surface area is 81.3 Å². The molecule has 74 valence electrons. The van der Waals surface area contributed by atoms with Gasteiger partial charge in [0.2, 0.25) is 0 Å². The number of aromatic carboxylic acids is 1. The smallest absolute Gasteiger partial charge is 0.336 e. The van der Waals surface area contributed by atoms with Gasteiger partial charge >= 0.3 is 5.97 Å². The van der Waals surface area contributed by atoms with Crippen LogP contribution in [-0.4, -0.2) is 22.8 Å². The van der Waals surface area contributed by atoms with Gasteiger partial charge in [-0.25, -0.2) is 4.79 Å². The van der Waals surface area contributed by atoms with E-state index < -0.39 is 5.97 Å². The normalized spacial score (nSPS) is 10.6. The summed E-state index contributed by atoms with van der Waals surface area (Å²) in [5.74, 6) is -1.03. The molecule has 4 heteroatoms. The number of carboxylic acid groups (broad SMARTS) is 1. The molecule has 1 aromatic carbocycles. The third-order valence-electron chi connectivity index (χ3n) is 1.71. The second-order valence-corrected chi connectivity index (χ2v) is 2.74. The van der Waals surface area contributed by atoms with Crippen molar-refractivity contribution in [1.29, 1.82) is 0 Å². The minimum atomic E-state index is -1.03. The lowest BCUT2D eigenvalue weighted by atomic mass is 10.1. The Hall–Kier alpha value is -1.81. The lowest BCUT2D eigenvalue weighted by Crippen LogP contribution is -2.01. The van der Waals surface area contributed by atoms with Gasteiger partial charge < -0.3 is 15.9 Å². The van der Waals surface area contributed by atoms with Crippen LogP contribution < -0.4 is 5.73 Å². The summed E-state index contributed by atoms with van der Waals surface area (Å²) in [6, 6.07) is 4.60. The van der Waals surface area contributed by atoms with Crippen LogP contribution in [0.3, 0.4) is 0 Å². The van der Waals surface area contributed by atoms with Crippen molar-refractivity contribution in [2.45, 2.75) is 0 Å². The first-order valence-corrected chi connectivity index (χ1v) is 4.05. The molecule has 0 spiro atoms. The highest BCUT2D eigenvalue weighted by Crippen LogP contribution is 2.15. The fourth-order valence-electron chi connectivity index (χ4n) is 1.08. The van der Waals surface area contributed by atoms with Gasteiger partial charge in [0, 0.05) is 5.69 Å². The third kappa shape index (κ3) is 2.34. The van der Waals surface area contributed by atoms with Crippen LogP contribution in [0.4, 0.5) is 5.69 Å². The molecule has 0 amide bonds. The number of carboxylic acids is 1. The van der Waals surface area contributed by atoms with Crippen LogP contribution in [0.2, 0.25) is 0 Å². The maximum absolute atomic E-state index is 10.8. The van der Waals surface area contributed by atoms with E-state index >= 15 is 0 Å². The summed E-state index contributed by atoms with van der Waals surface area (Å²) >= 11 is 0. The van der Waals surface area contributed by atoms with Crippen molar-refractivity contribution >= 4 is 17.7 Å². The molecular weight excluding hydrogens is 182 g/mol. The van der Waals surface area contributed by atoms with Gasteiger partial charge in [-0.1, -0.05) is 18.2 Å². The minimum Gasteiger partial charge on any atom is -0.478 e. The first kappa shape index (κ1) is 10.3. The Morgan fingerprint density at radius 1 is 1.50 bits per heavy atom. The molecule has 0 atom stereocenters. The molecule has 0 heterocycles. The lowest BCUT2D eigenvalue weighted by molar-refractivity contribution is 0.0696. The van der Waals surface area contributed by atoms with E-state index in [9.17, 15) is 4.79 Å². The zero-order valence-corrected chi connectivity index (χ0v) is 7.47. The molecule has 0 aliphatic carbocycles. The van der Waals surface area contributed by atoms with Gasteiger partial charge in [-0.3, -0.25) is 0 Å². The molecule has 14 heavy (non-hydrogen) atoms. The highest BCUT2D eigenvalue weighted by atomic mass is 16.4. The summed E-state index contributed by atoms with van der Waals surface area (Å²) in [5, 5.41) is 17.4. The van der Waals surface area contributed by atoms with Gasteiger partial charge in [0.25, 0.3) is 0 Å². The number of nitrogen functional groups attached to an aromatic ring is 1. The van der Waals surface area contributed by atoms with Crippen molar-refractivity contribution < 1.29 is 15.0 Å². The topological polar surface area (TPSA) is 83.5 Å². The second-order valence-electron chi connectivity index (χ2n) is 2.74. The highest BCUT2D eigenvalue weighted by Gasteiger charge is 2.07. The second kappa shape index (κ2) is 4.43. The van der Waals surface area contributed by atoms with Crippen LogP contribution >= 0.6 is 0 Å². The van der Waals surface area contributed by atoms with E-state index in [2.05, 4.69) is 0 Å². The standard InChI is InChI=1S/C10H11NO3/c11-8-4-3-7(2-1-5-12)9(6-8)10(13)14/h1-4,6,12H,5,11H2,(H,13,14). The molecule has 1 rings (SSSR count). The zero-order chi connectivity index (χ0) is 10.6. The zero-order valence-electron chi connectivity index (χ0n) is 7.47. The maximum atomic E-state index is 10.8. The lowest BCUT2D eigenvalue weighted by Gasteiger charge is -2.01. The van der Waals surface area contributed by atoms with Crippen LogP contribution in [0, 0.1) is 0 Å². The minimum absolute atomic E-state index is 0.122. The van der Waals surface area contributed by atoms with Gasteiger partial charge in [0.15, 0.2) is 0 Å². The Morgan fingerprint density at radius 2 is 2.21 bits per heavy atom. The molecule has 0 aromatic heterocycles. The molecule has 0 aliphatic rings. The van der Waals surface area contributed by atoms with E-state index in [-0.39, 0.29) is 12.2 Å². The van der Waals surface area contributed by atoms with Gasteiger partial charge in [0.1, 0.15) is 0 Å². The van der Waals surface area contributed by atoms with Crippen molar-refractivity contribution in [3.05, 3.63) is 35.4 Å². The number of carbonyl (C=O) groups is 1. The highest BCUT2D eigenvalue weighted by molar-refractivity contribution is 5.93. The molecule has 0 saturated heterocycles. The summed E-state index contributed by atoms with van der Waals surface area (Å²) in [4.78, 5) is 10.8. The van der Waals surface area contributed by atoms with E-state index in [1.807, 2.05) is 0 Å². The molecule has 4 nitrogen and oxygen atoms in total. The number of aliphatic hydroxyl groups is 1. The fraction of sp³-hybridized carbons (Fsp3) is 0.100. The fourth-order valence-corrected chi connectivity index (χ4v) is 1.08. The van der Waals surface area contributed by atoms with Crippen LogP contribution in [0.15, 0.2) is 24.3 Å². The maximum Gasteiger partial charge on any atom is 0.336 e. The van der Waals surface area contributed by atoms with Gasteiger partial charge in [-0.05, 0) is 17.7 Å². The van der Waals surface area contributed by atoms with Crippen LogP contribution in [0.25, 0.3) is 6.08 Å². The summed E-state index contributed by atoms with van der Waals surface area (Å²) in [7, 11) is 0. The van der Waals surface area contributed by atoms with E-state index in [1.165, 1.54) is 12.1 Å². The number of nitrogens with two attached hydrogens (primary N) is 1. The van der Waals surface area contributed by atoms with E-state index in [1.54, 1.807) is 18.2 Å². The van der Waals surface area contributed by atoms with E-state index in [0.29, 0.717) is 11.3 Å². The molecule has 0 radical (unpaired) electrons. The first-order chi connectivity index (χ1) is 6.65. The molecule has 0 saturated carbocycles. The summed E-state index contributed by atoms with van der Waals surface area (Å²) in [6.07, 6.45) is 3.01.